The summed E-state index contributed by atoms with van der Waals surface area (Å²) >= 11 is 0. The van der Waals surface area contributed by atoms with Gasteiger partial charge >= 0.3 is 5.97 Å². The zero-order chi connectivity index (χ0) is 17.5. The smallest absolute Gasteiger partial charge is 0.333 e. The van der Waals surface area contributed by atoms with Crippen molar-refractivity contribution < 1.29 is 19.7 Å². The van der Waals surface area contributed by atoms with E-state index in [1.54, 1.807) is 0 Å². The molecule has 4 aliphatic rings. The molecule has 0 aromatic carbocycles. The number of carbonyl (C=O) groups is 1. The zero-order valence-corrected chi connectivity index (χ0v) is 15.2. The largest absolute Gasteiger partial charge is 0.426 e. The molecular formula is C20H30O4. The molecule has 3 fully saturated rings. The molecule has 7 atom stereocenters. The number of carbonyl (C=O) groups excluding carboxylic acids is 1. The fraction of sp³-hybridized carbons (Fsp3) is 0.850. The Hall–Kier alpha value is -0.870. The van der Waals surface area contributed by atoms with Crippen molar-refractivity contribution in [1.29, 1.82) is 0 Å². The Kier molecular flexibility index (Phi) is 3.35. The monoisotopic (exact) mass is 334 g/mol. The van der Waals surface area contributed by atoms with E-state index in [0.29, 0.717) is 12.3 Å². The van der Waals surface area contributed by atoms with Gasteiger partial charge in [-0.1, -0.05) is 34.1 Å². The number of fused-ring (bicyclic) bond motifs is 4. The van der Waals surface area contributed by atoms with Crippen molar-refractivity contribution in [2.45, 2.75) is 71.7 Å². The molecule has 0 amide bonds. The number of hydrogen-bond donors (Lipinski definition) is 2. The Morgan fingerprint density at radius 3 is 2.67 bits per heavy atom. The minimum absolute atomic E-state index is 0.0192. The molecule has 3 aliphatic carbocycles. The molecule has 0 aromatic rings. The van der Waals surface area contributed by atoms with Gasteiger partial charge in [-0.15, -0.1) is 0 Å². The Morgan fingerprint density at radius 2 is 1.96 bits per heavy atom. The molecule has 0 saturated heterocycles. The second-order valence-electron chi connectivity index (χ2n) is 9.70. The molecule has 0 unspecified atom stereocenters. The lowest BCUT2D eigenvalue weighted by Crippen LogP contribution is -2.62. The number of esters is 1. The third-order valence-corrected chi connectivity index (χ3v) is 7.97. The summed E-state index contributed by atoms with van der Waals surface area (Å²) in [5, 5.41) is 22.1. The van der Waals surface area contributed by atoms with Crippen molar-refractivity contribution in [3.63, 3.8) is 0 Å². The summed E-state index contributed by atoms with van der Waals surface area (Å²) in [7, 11) is 0. The number of rotatable bonds is 0. The Labute approximate surface area is 144 Å². The lowest BCUT2D eigenvalue weighted by Gasteiger charge is -2.64. The van der Waals surface area contributed by atoms with Gasteiger partial charge in [-0.05, 0) is 53.8 Å². The maximum absolute atomic E-state index is 11.8. The minimum Gasteiger partial charge on any atom is -0.426 e. The number of hydrogen-bond acceptors (Lipinski definition) is 4. The summed E-state index contributed by atoms with van der Waals surface area (Å²) in [4.78, 5) is 11.8. The van der Waals surface area contributed by atoms with Crippen molar-refractivity contribution in [3.8, 4) is 0 Å². The van der Waals surface area contributed by atoms with E-state index in [9.17, 15) is 15.0 Å². The van der Waals surface area contributed by atoms with Crippen LogP contribution in [-0.4, -0.2) is 28.1 Å². The summed E-state index contributed by atoms with van der Waals surface area (Å²) in [5.74, 6) is -0.972. The number of aliphatic hydroxyl groups is 2. The summed E-state index contributed by atoms with van der Waals surface area (Å²) in [6, 6.07) is 0. The maximum Gasteiger partial charge on any atom is 0.333 e. The quantitative estimate of drug-likeness (QED) is 0.668. The predicted octanol–water partition coefficient (Wildman–Crippen LogP) is 3.03. The first-order valence-corrected chi connectivity index (χ1v) is 9.44. The van der Waals surface area contributed by atoms with E-state index in [1.807, 2.05) is 0 Å². The molecule has 0 bridgehead atoms. The summed E-state index contributed by atoms with van der Waals surface area (Å²) in [6.45, 7) is 8.95. The molecule has 1 heterocycles. The molecule has 4 rings (SSSR count). The molecule has 0 spiro atoms. The van der Waals surface area contributed by atoms with Crippen molar-refractivity contribution in [3.05, 3.63) is 11.6 Å². The van der Waals surface area contributed by atoms with Gasteiger partial charge in [0.05, 0.1) is 6.10 Å². The normalized spacial score (nSPS) is 52.7. The SMILES string of the molecule is C[C@H]1C2=CC(=O)O[C@]2(O)C[C@H]2[C@H]1C[C@@H](O)[C@H]1C(C)(C)CCC[C@]21C. The van der Waals surface area contributed by atoms with Crippen LogP contribution in [0.3, 0.4) is 0 Å². The van der Waals surface area contributed by atoms with Gasteiger partial charge in [-0.25, -0.2) is 4.79 Å². The molecular weight excluding hydrogens is 304 g/mol. The third-order valence-electron chi connectivity index (χ3n) is 7.97. The van der Waals surface area contributed by atoms with Crippen LogP contribution in [0.2, 0.25) is 0 Å². The van der Waals surface area contributed by atoms with E-state index in [-0.39, 0.29) is 34.7 Å². The average molecular weight is 334 g/mol. The van der Waals surface area contributed by atoms with Gasteiger partial charge in [-0.3, -0.25) is 0 Å². The van der Waals surface area contributed by atoms with E-state index in [4.69, 9.17) is 4.74 Å². The van der Waals surface area contributed by atoms with E-state index in [0.717, 1.165) is 31.3 Å². The van der Waals surface area contributed by atoms with Crippen molar-refractivity contribution in [2.75, 3.05) is 0 Å². The molecule has 0 radical (unpaired) electrons. The highest BCUT2D eigenvalue weighted by atomic mass is 16.7. The van der Waals surface area contributed by atoms with Crippen LogP contribution in [0.4, 0.5) is 0 Å². The van der Waals surface area contributed by atoms with Crippen molar-refractivity contribution >= 4 is 5.97 Å². The predicted molar refractivity (Wildman–Crippen MR) is 89.7 cm³/mol. The van der Waals surface area contributed by atoms with Crippen LogP contribution in [0.1, 0.15) is 59.8 Å². The van der Waals surface area contributed by atoms with Gasteiger partial charge in [0.15, 0.2) is 0 Å². The molecule has 134 valence electrons. The highest BCUT2D eigenvalue weighted by Crippen LogP contribution is 2.66. The molecule has 2 N–H and O–H groups in total. The standard InChI is InChI=1S/C20H30O4/c1-11-12-8-15(21)17-18(2,3)6-5-7-19(17,4)14(12)10-20(23)13(11)9-16(22)24-20/h9,11-12,14-15,17,21,23H,5-8,10H2,1-4H3/t11-,12+,14+,15-,17+,19-,20-/m1/s1. The molecule has 24 heavy (non-hydrogen) atoms. The first-order valence-electron chi connectivity index (χ1n) is 9.44. The van der Waals surface area contributed by atoms with Crippen molar-refractivity contribution in [1.82, 2.24) is 0 Å². The van der Waals surface area contributed by atoms with Crippen LogP contribution >= 0.6 is 0 Å². The first-order chi connectivity index (χ1) is 11.1. The second kappa shape index (κ2) is 4.85. The summed E-state index contributed by atoms with van der Waals surface area (Å²) < 4.78 is 5.34. The maximum atomic E-state index is 11.8. The summed E-state index contributed by atoms with van der Waals surface area (Å²) in [5.41, 5.74) is 0.804. The van der Waals surface area contributed by atoms with Gasteiger partial charge in [0.1, 0.15) is 0 Å². The summed E-state index contributed by atoms with van der Waals surface area (Å²) in [6.07, 6.45) is 5.79. The highest BCUT2D eigenvalue weighted by Gasteiger charge is 2.64. The molecule has 0 aromatic heterocycles. The van der Waals surface area contributed by atoms with E-state index >= 15 is 0 Å². The third kappa shape index (κ3) is 2.02. The fourth-order valence-electron chi connectivity index (χ4n) is 7.18. The lowest BCUT2D eigenvalue weighted by molar-refractivity contribution is -0.235. The van der Waals surface area contributed by atoms with Crippen LogP contribution in [0, 0.1) is 34.5 Å². The van der Waals surface area contributed by atoms with E-state index in [1.165, 1.54) is 6.08 Å². The van der Waals surface area contributed by atoms with Gasteiger partial charge in [0, 0.05) is 18.1 Å². The fourth-order valence-corrected chi connectivity index (χ4v) is 7.18. The molecule has 4 heteroatoms. The number of ether oxygens (including phenoxy) is 1. The van der Waals surface area contributed by atoms with Gasteiger partial charge < -0.3 is 14.9 Å². The molecule has 1 aliphatic heterocycles. The van der Waals surface area contributed by atoms with Crippen LogP contribution in [0.25, 0.3) is 0 Å². The average Bonchev–Trinajstić information content (AvgIpc) is 2.75. The van der Waals surface area contributed by atoms with E-state index in [2.05, 4.69) is 27.7 Å². The second-order valence-corrected chi connectivity index (χ2v) is 9.70. The first kappa shape index (κ1) is 16.6. The van der Waals surface area contributed by atoms with Crippen LogP contribution in [-0.2, 0) is 9.53 Å². The van der Waals surface area contributed by atoms with Gasteiger partial charge in [0.2, 0.25) is 5.79 Å². The van der Waals surface area contributed by atoms with Crippen LogP contribution in [0.15, 0.2) is 11.6 Å². The highest BCUT2D eigenvalue weighted by molar-refractivity contribution is 5.86. The zero-order valence-electron chi connectivity index (χ0n) is 15.2. The molecule has 3 saturated carbocycles. The van der Waals surface area contributed by atoms with Gasteiger partial charge in [-0.2, -0.15) is 0 Å². The van der Waals surface area contributed by atoms with Gasteiger partial charge in [0.25, 0.3) is 0 Å². The van der Waals surface area contributed by atoms with E-state index < -0.39 is 11.8 Å². The molecule has 4 nitrogen and oxygen atoms in total. The Morgan fingerprint density at radius 1 is 1.25 bits per heavy atom. The topological polar surface area (TPSA) is 66.8 Å². The van der Waals surface area contributed by atoms with Crippen LogP contribution < -0.4 is 0 Å². The van der Waals surface area contributed by atoms with Crippen molar-refractivity contribution in [2.24, 2.45) is 34.5 Å². The lowest BCUT2D eigenvalue weighted by atomic mass is 9.42. The minimum atomic E-state index is -1.42. The Balaban J connectivity index is 1.78. The Bertz CT molecular complexity index is 609. The number of aliphatic hydroxyl groups excluding tert-OH is 1. The van der Waals surface area contributed by atoms with Crippen LogP contribution in [0.5, 0.6) is 0 Å².